The minimum atomic E-state index is -4.62. The van der Waals surface area contributed by atoms with Crippen molar-refractivity contribution in [3.63, 3.8) is 0 Å². The van der Waals surface area contributed by atoms with Crippen LogP contribution >= 0.6 is 11.3 Å². The van der Waals surface area contributed by atoms with Crippen LogP contribution in [0.5, 0.6) is 5.75 Å². The predicted molar refractivity (Wildman–Crippen MR) is 66.6 cm³/mol. The Morgan fingerprint density at radius 1 is 1.42 bits per heavy atom. The van der Waals surface area contributed by atoms with Crippen LogP contribution in [0, 0.1) is 0 Å². The molecule has 2 aromatic rings. The van der Waals surface area contributed by atoms with E-state index in [1.807, 2.05) is 6.92 Å². The second-order valence-electron chi connectivity index (χ2n) is 3.93. The van der Waals surface area contributed by atoms with Crippen molar-refractivity contribution in [1.82, 2.24) is 4.98 Å². The van der Waals surface area contributed by atoms with E-state index in [9.17, 15) is 13.2 Å². The van der Waals surface area contributed by atoms with Crippen LogP contribution in [0.2, 0.25) is 0 Å². The number of benzene rings is 1. The third-order valence-electron chi connectivity index (χ3n) is 2.46. The predicted octanol–water partition coefficient (Wildman–Crippen LogP) is 3.16. The van der Waals surface area contributed by atoms with Crippen LogP contribution < -0.4 is 4.74 Å². The van der Waals surface area contributed by atoms with Crippen LogP contribution in [0.3, 0.4) is 0 Å². The Morgan fingerprint density at radius 3 is 2.79 bits per heavy atom. The van der Waals surface area contributed by atoms with Gasteiger partial charge in [0.1, 0.15) is 5.75 Å². The van der Waals surface area contributed by atoms with Gasteiger partial charge in [0, 0.05) is 6.42 Å². The molecule has 0 radical (unpaired) electrons. The number of aromatic nitrogens is 1. The summed E-state index contributed by atoms with van der Waals surface area (Å²) in [5.41, 5.74) is 0.609. The average molecular weight is 291 g/mol. The molecule has 104 valence electrons. The number of thiazole rings is 1. The van der Waals surface area contributed by atoms with Crippen LogP contribution in [0.4, 0.5) is 13.2 Å². The Hall–Kier alpha value is -1.34. The first-order valence-electron chi connectivity index (χ1n) is 5.67. The van der Waals surface area contributed by atoms with Gasteiger partial charge in [-0.3, -0.25) is 0 Å². The summed E-state index contributed by atoms with van der Waals surface area (Å²) in [5, 5.41) is 9.28. The lowest BCUT2D eigenvalue weighted by Gasteiger charge is -2.12. The van der Waals surface area contributed by atoms with E-state index in [2.05, 4.69) is 4.98 Å². The Morgan fingerprint density at radius 2 is 2.16 bits per heavy atom. The molecule has 1 N–H and O–H groups in total. The summed E-state index contributed by atoms with van der Waals surface area (Å²) in [6.07, 6.45) is -7.51. The van der Waals surface area contributed by atoms with Crippen molar-refractivity contribution in [2.24, 2.45) is 0 Å². The molecule has 0 aliphatic carbocycles. The molecular formula is C12H12F3NO2S. The summed E-state index contributed by atoms with van der Waals surface area (Å²) in [4.78, 5) is 4.07. The van der Waals surface area contributed by atoms with Crippen molar-refractivity contribution in [3.05, 3.63) is 23.2 Å². The molecule has 0 bridgehead atoms. The second-order valence-corrected chi connectivity index (χ2v) is 5.05. The van der Waals surface area contributed by atoms with E-state index in [0.29, 0.717) is 17.9 Å². The molecule has 0 spiro atoms. The zero-order valence-corrected chi connectivity index (χ0v) is 10.9. The van der Waals surface area contributed by atoms with E-state index < -0.39 is 18.7 Å². The normalized spacial score (nSPS) is 13.7. The van der Waals surface area contributed by atoms with E-state index in [1.54, 1.807) is 18.2 Å². The molecule has 3 nitrogen and oxygen atoms in total. The highest BCUT2D eigenvalue weighted by atomic mass is 32.1. The first-order chi connectivity index (χ1) is 8.90. The van der Waals surface area contributed by atoms with Gasteiger partial charge >= 0.3 is 6.18 Å². The lowest BCUT2D eigenvalue weighted by molar-refractivity contribution is -0.203. The Labute approximate surface area is 111 Å². The number of aliphatic hydroxyl groups is 1. The molecule has 19 heavy (non-hydrogen) atoms. The third kappa shape index (κ3) is 3.36. The van der Waals surface area contributed by atoms with Gasteiger partial charge < -0.3 is 9.84 Å². The van der Waals surface area contributed by atoms with Crippen LogP contribution in [-0.2, 0) is 6.42 Å². The van der Waals surface area contributed by atoms with E-state index in [4.69, 9.17) is 9.84 Å². The molecule has 0 aliphatic heterocycles. The number of aliphatic hydroxyl groups excluding tert-OH is 1. The minimum Gasteiger partial charge on any atom is -0.494 e. The summed E-state index contributed by atoms with van der Waals surface area (Å²) in [6, 6.07) is 5.15. The first kappa shape index (κ1) is 14.1. The quantitative estimate of drug-likeness (QED) is 0.941. The lowest BCUT2D eigenvalue weighted by atomic mass is 10.2. The van der Waals surface area contributed by atoms with Gasteiger partial charge in [-0.2, -0.15) is 13.2 Å². The van der Waals surface area contributed by atoms with Crippen molar-refractivity contribution < 1.29 is 23.0 Å². The molecule has 0 saturated heterocycles. The molecule has 7 heteroatoms. The molecule has 1 unspecified atom stereocenters. The van der Waals surface area contributed by atoms with Gasteiger partial charge in [-0.05, 0) is 25.1 Å². The van der Waals surface area contributed by atoms with Gasteiger partial charge in [0.2, 0.25) is 0 Å². The fraction of sp³-hybridized carbons (Fsp3) is 0.417. The summed E-state index contributed by atoms with van der Waals surface area (Å²) in [7, 11) is 0. The first-order valence-corrected chi connectivity index (χ1v) is 6.49. The summed E-state index contributed by atoms with van der Waals surface area (Å²) >= 11 is 1.13. The Kier molecular flexibility index (Phi) is 3.96. The van der Waals surface area contributed by atoms with Crippen LogP contribution in [0.15, 0.2) is 18.2 Å². The number of rotatable bonds is 4. The van der Waals surface area contributed by atoms with Gasteiger partial charge in [-0.1, -0.05) is 0 Å². The van der Waals surface area contributed by atoms with E-state index in [1.165, 1.54) is 0 Å². The van der Waals surface area contributed by atoms with Gasteiger partial charge in [0.05, 0.1) is 21.8 Å². The molecule has 1 aromatic carbocycles. The minimum absolute atomic E-state index is 0.258. The molecule has 0 saturated carbocycles. The summed E-state index contributed by atoms with van der Waals surface area (Å²) in [6.45, 7) is 2.37. The maximum Gasteiger partial charge on any atom is 0.414 e. The topological polar surface area (TPSA) is 42.4 Å². The third-order valence-corrected chi connectivity index (χ3v) is 3.50. The number of alkyl halides is 3. The van der Waals surface area contributed by atoms with Gasteiger partial charge in [0.15, 0.2) is 6.10 Å². The van der Waals surface area contributed by atoms with Crippen LogP contribution in [0.25, 0.3) is 10.2 Å². The monoisotopic (exact) mass is 291 g/mol. The highest BCUT2D eigenvalue weighted by Crippen LogP contribution is 2.29. The summed E-state index contributed by atoms with van der Waals surface area (Å²) in [5.74, 6) is 0.654. The number of ether oxygens (including phenoxy) is 1. The van der Waals surface area contributed by atoms with E-state index >= 15 is 0 Å². The molecule has 0 fully saturated rings. The number of fused-ring (bicyclic) bond motifs is 1. The van der Waals surface area contributed by atoms with Crippen molar-refractivity contribution >= 4 is 21.6 Å². The SMILES string of the molecule is CCOc1ccc2nc(CC(O)C(F)(F)F)sc2c1. The van der Waals surface area contributed by atoms with Crippen molar-refractivity contribution in [1.29, 1.82) is 0 Å². The molecule has 1 atom stereocenters. The Balaban J connectivity index is 2.22. The largest absolute Gasteiger partial charge is 0.494 e. The van der Waals surface area contributed by atoms with Crippen molar-refractivity contribution in [2.45, 2.75) is 25.6 Å². The fourth-order valence-corrected chi connectivity index (χ4v) is 2.61. The average Bonchev–Trinajstić information content (AvgIpc) is 2.69. The standard InChI is InChI=1S/C12H12F3NO2S/c1-2-18-7-3-4-8-9(5-7)19-11(16-8)6-10(17)12(13,14)15/h3-5,10,17H,2,6H2,1H3. The van der Waals surface area contributed by atoms with Crippen LogP contribution in [-0.4, -0.2) is 29.0 Å². The molecule has 1 aromatic heterocycles. The zero-order valence-electron chi connectivity index (χ0n) is 10.1. The molecular weight excluding hydrogens is 279 g/mol. The second kappa shape index (κ2) is 5.34. The lowest BCUT2D eigenvalue weighted by Crippen LogP contribution is -2.30. The maximum atomic E-state index is 12.3. The van der Waals surface area contributed by atoms with Gasteiger partial charge in [-0.25, -0.2) is 4.98 Å². The molecule has 1 heterocycles. The smallest absolute Gasteiger partial charge is 0.414 e. The molecule has 2 rings (SSSR count). The van der Waals surface area contributed by atoms with Crippen LogP contribution in [0.1, 0.15) is 11.9 Å². The van der Waals surface area contributed by atoms with Gasteiger partial charge in [-0.15, -0.1) is 11.3 Å². The highest BCUT2D eigenvalue weighted by molar-refractivity contribution is 7.18. The zero-order chi connectivity index (χ0) is 14.0. The number of halogens is 3. The summed E-state index contributed by atoms with van der Waals surface area (Å²) < 4.78 is 42.8. The van der Waals surface area contributed by atoms with Crippen molar-refractivity contribution in [3.8, 4) is 5.75 Å². The molecule has 0 amide bonds. The van der Waals surface area contributed by atoms with E-state index in [-0.39, 0.29) is 5.01 Å². The van der Waals surface area contributed by atoms with Crippen molar-refractivity contribution in [2.75, 3.05) is 6.61 Å². The fourth-order valence-electron chi connectivity index (χ4n) is 1.58. The maximum absolute atomic E-state index is 12.3. The number of nitrogens with zero attached hydrogens (tertiary/aromatic N) is 1. The Bertz CT molecular complexity index is 568. The van der Waals surface area contributed by atoms with E-state index in [0.717, 1.165) is 16.0 Å². The number of hydrogen-bond donors (Lipinski definition) is 1. The molecule has 0 aliphatic rings. The number of hydrogen-bond acceptors (Lipinski definition) is 4. The van der Waals surface area contributed by atoms with Gasteiger partial charge in [0.25, 0.3) is 0 Å². The highest BCUT2D eigenvalue weighted by Gasteiger charge is 2.38.